The molecule has 8 heteroatoms. The van der Waals surface area contributed by atoms with Crippen molar-refractivity contribution < 1.29 is 14.2 Å². The second-order valence-corrected chi connectivity index (χ2v) is 7.83. The average Bonchev–Trinajstić information content (AvgIpc) is 3.10. The Kier molecular flexibility index (Phi) is 4.96. The standard InChI is InChI=1S/C20H25N3O5/c1-20(2)27-16-14(12-22(3)11-13-7-5-4-6-8-13)26-18(17(16)28-20)23-10-9-15(24)21-19(23)25/h4-10,14,16-18H,11-12H2,1-3H3,(H,21,24,25)/t14-,16-,17-,18-/m1/s1. The van der Waals surface area contributed by atoms with Crippen molar-refractivity contribution in [3.8, 4) is 0 Å². The zero-order chi connectivity index (χ0) is 19.9. The van der Waals surface area contributed by atoms with Gasteiger partial charge in [0.05, 0.1) is 0 Å². The Balaban J connectivity index is 1.55. The molecule has 2 saturated heterocycles. The normalized spacial score (nSPS) is 28.6. The van der Waals surface area contributed by atoms with Crippen molar-refractivity contribution in [3.63, 3.8) is 0 Å². The van der Waals surface area contributed by atoms with E-state index < -0.39 is 29.4 Å². The van der Waals surface area contributed by atoms with E-state index in [0.717, 1.165) is 6.54 Å². The molecule has 150 valence electrons. The third kappa shape index (κ3) is 3.81. The van der Waals surface area contributed by atoms with Crippen LogP contribution in [-0.2, 0) is 20.8 Å². The topological polar surface area (TPSA) is 85.8 Å². The number of aromatic amines is 1. The summed E-state index contributed by atoms with van der Waals surface area (Å²) in [6.07, 6.45) is -0.241. The van der Waals surface area contributed by atoms with Crippen molar-refractivity contribution >= 4 is 0 Å². The van der Waals surface area contributed by atoms with Crippen LogP contribution < -0.4 is 11.2 Å². The van der Waals surface area contributed by atoms with E-state index in [9.17, 15) is 9.59 Å². The summed E-state index contributed by atoms with van der Waals surface area (Å²) in [7, 11) is 2.02. The van der Waals surface area contributed by atoms with Crippen molar-refractivity contribution in [2.24, 2.45) is 0 Å². The van der Waals surface area contributed by atoms with Gasteiger partial charge in [-0.1, -0.05) is 30.3 Å². The largest absolute Gasteiger partial charge is 0.348 e. The maximum atomic E-state index is 12.3. The molecule has 2 aliphatic rings. The number of H-pyrrole nitrogens is 1. The van der Waals surface area contributed by atoms with Crippen LogP contribution in [0.2, 0.25) is 0 Å². The molecule has 28 heavy (non-hydrogen) atoms. The molecule has 0 unspecified atom stereocenters. The average molecular weight is 387 g/mol. The van der Waals surface area contributed by atoms with Crippen molar-refractivity contribution in [3.05, 3.63) is 69.0 Å². The molecular weight excluding hydrogens is 362 g/mol. The molecule has 2 fully saturated rings. The Labute approximate surface area is 162 Å². The van der Waals surface area contributed by atoms with Crippen LogP contribution in [-0.4, -0.2) is 52.1 Å². The monoisotopic (exact) mass is 387 g/mol. The number of nitrogens with zero attached hydrogens (tertiary/aromatic N) is 2. The second kappa shape index (κ2) is 7.29. The van der Waals surface area contributed by atoms with Gasteiger partial charge in [0.25, 0.3) is 5.56 Å². The van der Waals surface area contributed by atoms with Crippen molar-refractivity contribution in [2.45, 2.75) is 50.7 Å². The van der Waals surface area contributed by atoms with Crippen molar-refractivity contribution in [2.75, 3.05) is 13.6 Å². The molecule has 1 aromatic heterocycles. The van der Waals surface area contributed by atoms with Crippen LogP contribution in [0.5, 0.6) is 0 Å². The predicted octanol–water partition coefficient (Wildman–Crippen LogP) is 1.09. The van der Waals surface area contributed by atoms with Crippen LogP contribution in [0, 0.1) is 0 Å². The van der Waals surface area contributed by atoms with Crippen molar-refractivity contribution in [1.82, 2.24) is 14.5 Å². The van der Waals surface area contributed by atoms with Gasteiger partial charge in [-0.25, -0.2) is 4.79 Å². The molecule has 4 rings (SSSR count). The van der Waals surface area contributed by atoms with Crippen LogP contribution in [0.25, 0.3) is 0 Å². The summed E-state index contributed by atoms with van der Waals surface area (Å²) in [5.41, 5.74) is 0.235. The molecule has 0 radical (unpaired) electrons. The highest BCUT2D eigenvalue weighted by molar-refractivity contribution is 5.14. The van der Waals surface area contributed by atoms with Gasteiger partial charge in [0.1, 0.15) is 18.3 Å². The number of rotatable bonds is 5. The molecule has 0 aliphatic carbocycles. The summed E-state index contributed by atoms with van der Waals surface area (Å²) in [5, 5.41) is 0. The number of nitrogens with one attached hydrogen (secondary N) is 1. The highest BCUT2D eigenvalue weighted by atomic mass is 16.8. The highest BCUT2D eigenvalue weighted by Crippen LogP contribution is 2.42. The van der Waals surface area contributed by atoms with Gasteiger partial charge in [0, 0.05) is 25.4 Å². The lowest BCUT2D eigenvalue weighted by Crippen LogP contribution is -2.38. The summed E-state index contributed by atoms with van der Waals surface area (Å²) in [6, 6.07) is 11.5. The number of benzene rings is 1. The molecule has 2 aliphatic heterocycles. The molecule has 0 saturated carbocycles. The van der Waals surface area contributed by atoms with Gasteiger partial charge in [0.2, 0.25) is 0 Å². The maximum Gasteiger partial charge on any atom is 0.330 e. The van der Waals surface area contributed by atoms with Gasteiger partial charge >= 0.3 is 5.69 Å². The van der Waals surface area contributed by atoms with E-state index >= 15 is 0 Å². The number of aromatic nitrogens is 2. The third-order valence-corrected chi connectivity index (χ3v) is 5.04. The fourth-order valence-electron chi connectivity index (χ4n) is 3.92. The number of likely N-dealkylation sites (N-methyl/N-ethyl adjacent to an activating group) is 1. The highest BCUT2D eigenvalue weighted by Gasteiger charge is 2.56. The quantitative estimate of drug-likeness (QED) is 0.827. The van der Waals surface area contributed by atoms with E-state index in [-0.39, 0.29) is 12.2 Å². The minimum atomic E-state index is -0.764. The summed E-state index contributed by atoms with van der Waals surface area (Å²) in [6.45, 7) is 5.08. The van der Waals surface area contributed by atoms with Crippen LogP contribution in [0.15, 0.2) is 52.2 Å². The van der Waals surface area contributed by atoms with E-state index in [1.165, 1.54) is 22.4 Å². The molecule has 0 spiro atoms. The molecule has 4 atom stereocenters. The third-order valence-electron chi connectivity index (χ3n) is 5.04. The lowest BCUT2D eigenvalue weighted by molar-refractivity contribution is -0.198. The van der Waals surface area contributed by atoms with E-state index in [0.29, 0.717) is 6.54 Å². The molecule has 2 aromatic rings. The lowest BCUT2D eigenvalue weighted by Gasteiger charge is -2.27. The van der Waals surface area contributed by atoms with Gasteiger partial charge in [-0.3, -0.25) is 19.2 Å². The van der Waals surface area contributed by atoms with E-state index in [1.807, 2.05) is 39.1 Å². The fourth-order valence-corrected chi connectivity index (χ4v) is 3.92. The first-order chi connectivity index (χ1) is 13.3. The summed E-state index contributed by atoms with van der Waals surface area (Å²) < 4.78 is 19.7. The zero-order valence-corrected chi connectivity index (χ0v) is 16.2. The van der Waals surface area contributed by atoms with Crippen LogP contribution in [0.3, 0.4) is 0 Å². The van der Waals surface area contributed by atoms with E-state index in [1.54, 1.807) is 0 Å². The first-order valence-electron chi connectivity index (χ1n) is 9.37. The molecular formula is C20H25N3O5. The molecule has 3 heterocycles. The lowest BCUT2D eigenvalue weighted by atomic mass is 10.1. The predicted molar refractivity (Wildman–Crippen MR) is 102 cm³/mol. The van der Waals surface area contributed by atoms with Gasteiger partial charge < -0.3 is 14.2 Å². The number of ether oxygens (including phenoxy) is 3. The smallest absolute Gasteiger partial charge is 0.330 e. The Hall–Kier alpha value is -2.26. The Bertz CT molecular complexity index is 939. The van der Waals surface area contributed by atoms with Gasteiger partial charge in [-0.15, -0.1) is 0 Å². The van der Waals surface area contributed by atoms with E-state index in [4.69, 9.17) is 14.2 Å². The van der Waals surface area contributed by atoms with Crippen LogP contribution >= 0.6 is 0 Å². The molecule has 8 nitrogen and oxygen atoms in total. The summed E-state index contributed by atoms with van der Waals surface area (Å²) in [5.74, 6) is -0.764. The number of hydrogen-bond acceptors (Lipinski definition) is 6. The number of fused-ring (bicyclic) bond motifs is 1. The first-order valence-corrected chi connectivity index (χ1v) is 9.37. The minimum absolute atomic E-state index is 0.274. The van der Waals surface area contributed by atoms with Crippen LogP contribution in [0.1, 0.15) is 25.6 Å². The Morgan fingerprint density at radius 1 is 1.11 bits per heavy atom. The van der Waals surface area contributed by atoms with Gasteiger partial charge in [-0.2, -0.15) is 0 Å². The first kappa shape index (κ1) is 19.1. The molecule has 1 N–H and O–H groups in total. The number of hydrogen-bond donors (Lipinski definition) is 1. The Morgan fingerprint density at radius 2 is 1.82 bits per heavy atom. The summed E-state index contributed by atoms with van der Waals surface area (Å²) in [4.78, 5) is 28.1. The molecule has 1 aromatic carbocycles. The zero-order valence-electron chi connectivity index (χ0n) is 16.2. The van der Waals surface area contributed by atoms with E-state index in [2.05, 4.69) is 22.0 Å². The fraction of sp³-hybridized carbons (Fsp3) is 0.500. The summed E-state index contributed by atoms with van der Waals surface area (Å²) >= 11 is 0. The Morgan fingerprint density at radius 3 is 2.54 bits per heavy atom. The molecule has 0 bridgehead atoms. The van der Waals surface area contributed by atoms with Gasteiger partial charge in [-0.05, 0) is 26.5 Å². The minimum Gasteiger partial charge on any atom is -0.348 e. The SMILES string of the molecule is CN(Cc1ccccc1)C[C@H]1O[C@@H](n2ccc(=O)[nH]c2=O)[C@@H]2OC(C)(C)O[C@@H]21. The van der Waals surface area contributed by atoms with Crippen molar-refractivity contribution in [1.29, 1.82) is 0 Å². The van der Waals surface area contributed by atoms with Gasteiger partial charge in [0.15, 0.2) is 12.0 Å². The molecule has 0 amide bonds. The maximum absolute atomic E-state index is 12.3. The van der Waals surface area contributed by atoms with Crippen LogP contribution in [0.4, 0.5) is 0 Å². The second-order valence-electron chi connectivity index (χ2n) is 7.83.